The summed E-state index contributed by atoms with van der Waals surface area (Å²) >= 11 is 12.4. The van der Waals surface area contributed by atoms with Gasteiger partial charge < -0.3 is 10.4 Å². The lowest BCUT2D eigenvalue weighted by Crippen LogP contribution is -1.99. The highest BCUT2D eigenvalue weighted by atomic mass is 79.9. The molecular weight excluding hydrogens is 383 g/mol. The Morgan fingerprint density at radius 2 is 2.00 bits per heavy atom. The van der Waals surface area contributed by atoms with Crippen LogP contribution in [0, 0.1) is 0 Å². The molecule has 2 aromatic rings. The number of benzene rings is 1. The maximum absolute atomic E-state index is 9.40. The minimum Gasteiger partial charge on any atom is -0.507 e. The number of nitrogens with one attached hydrogen (secondary N) is 1. The molecule has 0 fully saturated rings. The molecule has 3 nitrogen and oxygen atoms in total. The van der Waals surface area contributed by atoms with E-state index in [-0.39, 0.29) is 5.75 Å². The summed E-state index contributed by atoms with van der Waals surface area (Å²) in [4.78, 5) is 4.03. The second-order valence-electron chi connectivity index (χ2n) is 3.64. The summed E-state index contributed by atoms with van der Waals surface area (Å²) in [6.45, 7) is 0.634. The topological polar surface area (TPSA) is 45.1 Å². The molecule has 0 amide bonds. The van der Waals surface area contributed by atoms with Crippen molar-refractivity contribution in [2.45, 2.75) is 6.54 Å². The summed E-state index contributed by atoms with van der Waals surface area (Å²) in [6, 6.07) is 7.23. The predicted octanol–water partition coefficient (Wildman–Crippen LogP) is 4.58. The van der Waals surface area contributed by atoms with Crippen LogP contribution in [0.3, 0.4) is 0 Å². The van der Waals surface area contributed by atoms with Gasteiger partial charge in [0, 0.05) is 6.54 Å². The van der Waals surface area contributed by atoms with Crippen molar-refractivity contribution < 1.29 is 5.11 Å². The van der Waals surface area contributed by atoms with Gasteiger partial charge in [0.05, 0.1) is 20.8 Å². The number of rotatable bonds is 3. The van der Waals surface area contributed by atoms with Crippen molar-refractivity contribution >= 4 is 49.1 Å². The molecule has 0 unspecified atom stereocenters. The average Bonchev–Trinajstić information content (AvgIpc) is 2.35. The summed E-state index contributed by atoms with van der Waals surface area (Å²) < 4.78 is 1.43. The van der Waals surface area contributed by atoms with Gasteiger partial charge in [0.15, 0.2) is 0 Å². The van der Waals surface area contributed by atoms with E-state index in [4.69, 9.17) is 11.6 Å². The van der Waals surface area contributed by atoms with Crippen LogP contribution in [0.5, 0.6) is 5.75 Å². The zero-order valence-corrected chi connectivity index (χ0v) is 13.1. The van der Waals surface area contributed by atoms with Gasteiger partial charge in [0.1, 0.15) is 10.9 Å². The summed E-state index contributed by atoms with van der Waals surface area (Å²) in [5.41, 5.74) is 1.92. The zero-order chi connectivity index (χ0) is 13.1. The van der Waals surface area contributed by atoms with Crippen LogP contribution in [0.1, 0.15) is 5.56 Å². The fourth-order valence-electron chi connectivity index (χ4n) is 1.38. The Hall–Kier alpha value is -0.780. The normalized spacial score (nSPS) is 10.4. The van der Waals surface area contributed by atoms with Crippen LogP contribution in [0.15, 0.2) is 39.4 Å². The number of aromatic nitrogens is 1. The number of hydrogen-bond acceptors (Lipinski definition) is 3. The van der Waals surface area contributed by atoms with E-state index < -0.39 is 0 Å². The highest BCUT2D eigenvalue weighted by Gasteiger charge is 2.02. The molecule has 94 valence electrons. The van der Waals surface area contributed by atoms with Gasteiger partial charge in [0.2, 0.25) is 0 Å². The Morgan fingerprint density at radius 1 is 1.22 bits per heavy atom. The predicted molar refractivity (Wildman–Crippen MR) is 80.1 cm³/mol. The number of hydrogen-bond donors (Lipinski definition) is 2. The third-order valence-corrected chi connectivity index (χ3v) is 4.07. The maximum Gasteiger partial charge on any atom is 0.143 e. The Kier molecular flexibility index (Phi) is 4.48. The molecule has 0 atom stereocenters. The first-order valence-electron chi connectivity index (χ1n) is 5.08. The third-order valence-electron chi connectivity index (χ3n) is 2.31. The van der Waals surface area contributed by atoms with Gasteiger partial charge in [-0.15, -0.1) is 0 Å². The van der Waals surface area contributed by atoms with Crippen molar-refractivity contribution in [3.8, 4) is 5.75 Å². The summed E-state index contributed by atoms with van der Waals surface area (Å²) in [5.74, 6) is 0.231. The number of halogens is 3. The molecule has 1 aromatic carbocycles. The fourth-order valence-corrected chi connectivity index (χ4v) is 2.26. The van der Waals surface area contributed by atoms with E-state index in [1.807, 2.05) is 18.2 Å². The standard InChI is InChI=1S/C12H9Br2ClN2O/c13-9-3-7(1-2-11(9)18)5-16-8-4-10(14)12(15)17-6-8/h1-4,6,16,18H,5H2. The van der Waals surface area contributed by atoms with E-state index in [0.717, 1.165) is 15.7 Å². The molecule has 2 N–H and O–H groups in total. The Morgan fingerprint density at radius 3 is 2.67 bits per heavy atom. The first kappa shape index (κ1) is 13.6. The number of pyridine rings is 1. The SMILES string of the molecule is Oc1ccc(CNc2cnc(Cl)c(Br)c2)cc1Br. The number of anilines is 1. The molecule has 2 rings (SSSR count). The molecule has 1 aromatic heterocycles. The van der Waals surface area contributed by atoms with E-state index >= 15 is 0 Å². The summed E-state index contributed by atoms with van der Waals surface area (Å²) in [6.07, 6.45) is 1.67. The molecule has 0 aliphatic carbocycles. The van der Waals surface area contributed by atoms with Gasteiger partial charge >= 0.3 is 0 Å². The average molecular weight is 392 g/mol. The highest BCUT2D eigenvalue weighted by molar-refractivity contribution is 9.10. The molecule has 0 saturated carbocycles. The van der Waals surface area contributed by atoms with Crippen LogP contribution in [-0.4, -0.2) is 10.1 Å². The lowest BCUT2D eigenvalue weighted by Gasteiger charge is -2.08. The molecule has 18 heavy (non-hydrogen) atoms. The smallest absolute Gasteiger partial charge is 0.143 e. The van der Waals surface area contributed by atoms with Crippen LogP contribution >= 0.6 is 43.5 Å². The van der Waals surface area contributed by atoms with Gasteiger partial charge in [-0.3, -0.25) is 0 Å². The van der Waals surface area contributed by atoms with Gasteiger partial charge in [-0.1, -0.05) is 17.7 Å². The minimum absolute atomic E-state index is 0.231. The van der Waals surface area contributed by atoms with Crippen molar-refractivity contribution in [2.75, 3.05) is 5.32 Å². The Bertz CT molecular complexity index is 526. The van der Waals surface area contributed by atoms with Crippen molar-refractivity contribution in [3.63, 3.8) is 0 Å². The van der Waals surface area contributed by atoms with Crippen LogP contribution < -0.4 is 5.32 Å². The number of nitrogens with zero attached hydrogens (tertiary/aromatic N) is 1. The molecule has 0 radical (unpaired) electrons. The van der Waals surface area contributed by atoms with E-state index in [1.54, 1.807) is 12.3 Å². The lowest BCUT2D eigenvalue weighted by atomic mass is 10.2. The third kappa shape index (κ3) is 3.37. The molecule has 0 saturated heterocycles. The Labute approximate surface area is 126 Å². The minimum atomic E-state index is 0.231. The first-order valence-corrected chi connectivity index (χ1v) is 7.05. The second-order valence-corrected chi connectivity index (χ2v) is 5.70. The van der Waals surface area contributed by atoms with Gasteiger partial charge in [0.25, 0.3) is 0 Å². The van der Waals surface area contributed by atoms with Crippen LogP contribution in [-0.2, 0) is 6.54 Å². The van der Waals surface area contributed by atoms with E-state index in [9.17, 15) is 5.11 Å². The molecular formula is C12H9Br2ClN2O. The van der Waals surface area contributed by atoms with Gasteiger partial charge in [-0.05, 0) is 55.6 Å². The summed E-state index contributed by atoms with van der Waals surface area (Å²) in [5, 5.41) is 13.1. The van der Waals surface area contributed by atoms with Crippen molar-refractivity contribution in [1.29, 1.82) is 0 Å². The number of aromatic hydroxyl groups is 1. The quantitative estimate of drug-likeness (QED) is 0.752. The number of phenols is 1. The van der Waals surface area contributed by atoms with Crippen molar-refractivity contribution in [2.24, 2.45) is 0 Å². The molecule has 1 heterocycles. The molecule has 0 bridgehead atoms. The van der Waals surface area contributed by atoms with Gasteiger partial charge in [-0.25, -0.2) is 4.98 Å². The zero-order valence-electron chi connectivity index (χ0n) is 9.12. The highest BCUT2D eigenvalue weighted by Crippen LogP contribution is 2.26. The lowest BCUT2D eigenvalue weighted by molar-refractivity contribution is 0.471. The largest absolute Gasteiger partial charge is 0.507 e. The maximum atomic E-state index is 9.40. The van der Waals surface area contributed by atoms with Gasteiger partial charge in [-0.2, -0.15) is 0 Å². The summed E-state index contributed by atoms with van der Waals surface area (Å²) in [7, 11) is 0. The van der Waals surface area contributed by atoms with Crippen LogP contribution in [0.25, 0.3) is 0 Å². The van der Waals surface area contributed by atoms with Crippen molar-refractivity contribution in [3.05, 3.63) is 50.1 Å². The van der Waals surface area contributed by atoms with E-state index in [1.165, 1.54) is 0 Å². The molecule has 6 heteroatoms. The molecule has 0 spiro atoms. The van der Waals surface area contributed by atoms with E-state index in [2.05, 4.69) is 42.2 Å². The first-order chi connectivity index (χ1) is 8.56. The monoisotopic (exact) mass is 390 g/mol. The van der Waals surface area contributed by atoms with E-state index in [0.29, 0.717) is 16.2 Å². The molecule has 0 aliphatic rings. The Balaban J connectivity index is 2.06. The second kappa shape index (κ2) is 5.91. The van der Waals surface area contributed by atoms with Crippen molar-refractivity contribution in [1.82, 2.24) is 4.98 Å². The van der Waals surface area contributed by atoms with Crippen LogP contribution in [0.2, 0.25) is 5.15 Å². The number of phenolic OH excluding ortho intramolecular Hbond substituents is 1. The fraction of sp³-hybridized carbons (Fsp3) is 0.0833. The van der Waals surface area contributed by atoms with Crippen LogP contribution in [0.4, 0.5) is 5.69 Å². The molecule has 0 aliphatic heterocycles.